The van der Waals surface area contributed by atoms with Crippen molar-refractivity contribution < 1.29 is 9.84 Å². The molecular weight excluding hydrogens is 346 g/mol. The molecule has 2 aromatic rings. The Hall–Kier alpha value is -1.84. The summed E-state index contributed by atoms with van der Waals surface area (Å²) in [5.74, 6) is 1.69. The van der Waals surface area contributed by atoms with E-state index in [9.17, 15) is 5.11 Å². The minimum absolute atomic E-state index is 0.0920. The average molecular weight is 382 g/mol. The molecule has 3 heteroatoms. The van der Waals surface area contributed by atoms with Crippen LogP contribution < -0.4 is 10.5 Å². The molecule has 0 saturated heterocycles. The van der Waals surface area contributed by atoms with Crippen LogP contribution in [0.1, 0.15) is 64.5 Å². The minimum atomic E-state index is -0.747. The van der Waals surface area contributed by atoms with Crippen molar-refractivity contribution in [2.45, 2.75) is 65.0 Å². The molecule has 1 aliphatic carbocycles. The van der Waals surface area contributed by atoms with Crippen LogP contribution in [-0.4, -0.2) is 17.8 Å². The number of rotatable bonds is 5. The van der Waals surface area contributed by atoms with Gasteiger partial charge >= 0.3 is 0 Å². The lowest BCUT2D eigenvalue weighted by Gasteiger charge is -2.37. The molecule has 3 N–H and O–H groups in total. The lowest BCUT2D eigenvalue weighted by Crippen LogP contribution is -2.36. The average Bonchev–Trinajstić information content (AvgIpc) is 2.67. The van der Waals surface area contributed by atoms with Gasteiger partial charge in [0.25, 0.3) is 0 Å². The first-order valence-corrected chi connectivity index (χ1v) is 10.4. The fourth-order valence-electron chi connectivity index (χ4n) is 4.32. The van der Waals surface area contributed by atoms with Gasteiger partial charge in [0, 0.05) is 5.56 Å². The summed E-state index contributed by atoms with van der Waals surface area (Å²) in [4.78, 5) is 0. The van der Waals surface area contributed by atoms with Crippen LogP contribution in [0.5, 0.6) is 5.75 Å². The summed E-state index contributed by atoms with van der Waals surface area (Å²) >= 11 is 0. The molecule has 0 amide bonds. The summed E-state index contributed by atoms with van der Waals surface area (Å²) in [6.07, 6.45) is 6.83. The van der Waals surface area contributed by atoms with Crippen LogP contribution in [0.3, 0.4) is 0 Å². The molecule has 0 aliphatic heterocycles. The third-order valence-electron chi connectivity index (χ3n) is 6.41. The van der Waals surface area contributed by atoms with E-state index in [-0.39, 0.29) is 12.7 Å². The largest absolute Gasteiger partial charge is 0.490 e. The molecule has 0 bridgehead atoms. The fourth-order valence-corrected chi connectivity index (χ4v) is 4.32. The van der Waals surface area contributed by atoms with E-state index < -0.39 is 5.54 Å². The monoisotopic (exact) mass is 381 g/mol. The molecule has 1 saturated carbocycles. The zero-order chi connectivity index (χ0) is 20.5. The number of hydrogen-bond donors (Lipinski definition) is 2. The molecule has 3 rings (SSSR count). The lowest BCUT2D eigenvalue weighted by atomic mass is 9.72. The molecule has 0 heterocycles. The van der Waals surface area contributed by atoms with Gasteiger partial charge in [0.15, 0.2) is 0 Å². The third kappa shape index (κ3) is 4.26. The van der Waals surface area contributed by atoms with E-state index in [2.05, 4.69) is 45.5 Å². The Morgan fingerprint density at radius 2 is 1.79 bits per heavy atom. The molecule has 0 aromatic heterocycles. The number of nitrogens with two attached hydrogens (primary N) is 1. The Morgan fingerprint density at radius 3 is 2.36 bits per heavy atom. The van der Waals surface area contributed by atoms with Crippen molar-refractivity contribution in [1.29, 1.82) is 0 Å². The van der Waals surface area contributed by atoms with E-state index in [1.165, 1.54) is 12.8 Å². The Kier molecular flexibility index (Phi) is 5.88. The summed E-state index contributed by atoms with van der Waals surface area (Å²) < 4.78 is 6.43. The van der Waals surface area contributed by atoms with Crippen molar-refractivity contribution in [3.8, 4) is 5.75 Å². The quantitative estimate of drug-likeness (QED) is 0.705. The van der Waals surface area contributed by atoms with Gasteiger partial charge in [-0.15, -0.1) is 0 Å². The van der Waals surface area contributed by atoms with Crippen LogP contribution >= 0.6 is 0 Å². The van der Waals surface area contributed by atoms with Gasteiger partial charge in [0.1, 0.15) is 5.75 Å². The second-order valence-corrected chi connectivity index (χ2v) is 9.65. The van der Waals surface area contributed by atoms with Crippen molar-refractivity contribution in [2.75, 3.05) is 6.61 Å². The maximum absolute atomic E-state index is 9.55. The van der Waals surface area contributed by atoms with Crippen molar-refractivity contribution in [3.05, 3.63) is 48.0 Å². The SMILES string of the molecule is C=Cc1c(OC2CCC(C(C)(C)C)CC2)ccc2cc(C(C)(N)CO)ccc12. The van der Waals surface area contributed by atoms with Crippen LogP contribution in [0, 0.1) is 11.3 Å². The molecule has 0 spiro atoms. The first kappa shape index (κ1) is 20.9. The Morgan fingerprint density at radius 1 is 1.11 bits per heavy atom. The third-order valence-corrected chi connectivity index (χ3v) is 6.41. The molecule has 28 heavy (non-hydrogen) atoms. The Bertz CT molecular complexity index is 839. The van der Waals surface area contributed by atoms with Crippen LogP contribution in [0.15, 0.2) is 36.9 Å². The number of aliphatic hydroxyl groups is 1. The van der Waals surface area contributed by atoms with E-state index in [0.29, 0.717) is 5.41 Å². The zero-order valence-corrected chi connectivity index (χ0v) is 17.8. The topological polar surface area (TPSA) is 55.5 Å². The molecule has 152 valence electrons. The predicted octanol–water partition coefficient (Wildman–Crippen LogP) is 5.63. The van der Waals surface area contributed by atoms with Gasteiger partial charge in [-0.3, -0.25) is 0 Å². The van der Waals surface area contributed by atoms with E-state index in [1.807, 2.05) is 25.1 Å². The molecular formula is C25H35NO2. The molecule has 1 fully saturated rings. The van der Waals surface area contributed by atoms with Gasteiger partial charge in [-0.1, -0.05) is 51.6 Å². The highest BCUT2D eigenvalue weighted by Gasteiger charge is 2.30. The predicted molar refractivity (Wildman–Crippen MR) is 118 cm³/mol. The van der Waals surface area contributed by atoms with Crippen LogP contribution in [-0.2, 0) is 5.54 Å². The maximum atomic E-state index is 9.55. The fraction of sp³-hybridized carbons (Fsp3) is 0.520. The molecule has 0 radical (unpaired) electrons. The summed E-state index contributed by atoms with van der Waals surface area (Å²) in [6.45, 7) is 12.8. The number of ether oxygens (including phenoxy) is 1. The smallest absolute Gasteiger partial charge is 0.127 e. The molecule has 1 atom stereocenters. The number of hydrogen-bond acceptors (Lipinski definition) is 3. The van der Waals surface area contributed by atoms with Crippen molar-refractivity contribution in [1.82, 2.24) is 0 Å². The highest BCUT2D eigenvalue weighted by Crippen LogP contribution is 2.40. The normalized spacial score (nSPS) is 22.6. The van der Waals surface area contributed by atoms with Crippen molar-refractivity contribution >= 4 is 16.8 Å². The molecule has 1 aliphatic rings. The second kappa shape index (κ2) is 7.88. The number of fused-ring (bicyclic) bond motifs is 1. The van der Waals surface area contributed by atoms with Crippen LogP contribution in [0.4, 0.5) is 0 Å². The van der Waals surface area contributed by atoms with Crippen molar-refractivity contribution in [3.63, 3.8) is 0 Å². The van der Waals surface area contributed by atoms with Crippen LogP contribution in [0.2, 0.25) is 0 Å². The zero-order valence-electron chi connectivity index (χ0n) is 17.8. The highest BCUT2D eigenvalue weighted by atomic mass is 16.5. The molecule has 2 aromatic carbocycles. The van der Waals surface area contributed by atoms with Crippen molar-refractivity contribution in [2.24, 2.45) is 17.1 Å². The number of benzene rings is 2. The summed E-state index contributed by atoms with van der Waals surface area (Å²) in [7, 11) is 0. The Balaban J connectivity index is 1.83. The summed E-state index contributed by atoms with van der Waals surface area (Å²) in [5, 5.41) is 11.7. The first-order valence-electron chi connectivity index (χ1n) is 10.4. The lowest BCUT2D eigenvalue weighted by molar-refractivity contribution is 0.0882. The van der Waals surface area contributed by atoms with E-state index >= 15 is 0 Å². The van der Waals surface area contributed by atoms with Gasteiger partial charge < -0.3 is 15.6 Å². The number of aliphatic hydroxyl groups excluding tert-OH is 1. The Labute approximate surface area is 169 Å². The first-order chi connectivity index (χ1) is 13.2. The standard InChI is InChI=1S/C25H35NO2/c1-6-21-22-13-10-19(25(5,26)16-27)15-17(22)7-14-23(21)28-20-11-8-18(9-12-20)24(2,3)4/h6-7,10,13-15,18,20,27H,1,8-9,11-12,16,26H2,2-5H3. The summed E-state index contributed by atoms with van der Waals surface area (Å²) in [6, 6.07) is 10.2. The van der Waals surface area contributed by atoms with E-state index in [4.69, 9.17) is 10.5 Å². The van der Waals surface area contributed by atoms with Crippen LogP contribution in [0.25, 0.3) is 16.8 Å². The van der Waals surface area contributed by atoms with Gasteiger partial charge in [0.05, 0.1) is 18.2 Å². The minimum Gasteiger partial charge on any atom is -0.490 e. The maximum Gasteiger partial charge on any atom is 0.127 e. The highest BCUT2D eigenvalue weighted by molar-refractivity contribution is 5.93. The van der Waals surface area contributed by atoms with Gasteiger partial charge in [-0.05, 0) is 72.4 Å². The van der Waals surface area contributed by atoms with E-state index in [0.717, 1.165) is 46.4 Å². The van der Waals surface area contributed by atoms with E-state index in [1.54, 1.807) is 0 Å². The van der Waals surface area contributed by atoms with Gasteiger partial charge in [0.2, 0.25) is 0 Å². The second-order valence-electron chi connectivity index (χ2n) is 9.65. The van der Waals surface area contributed by atoms with Gasteiger partial charge in [-0.2, -0.15) is 0 Å². The molecule has 3 nitrogen and oxygen atoms in total. The van der Waals surface area contributed by atoms with Gasteiger partial charge in [-0.25, -0.2) is 0 Å². The summed E-state index contributed by atoms with van der Waals surface area (Å²) in [5.41, 5.74) is 7.79. The molecule has 1 unspecified atom stereocenters.